The van der Waals surface area contributed by atoms with E-state index in [0.717, 1.165) is 16.7 Å². The van der Waals surface area contributed by atoms with Crippen molar-refractivity contribution in [2.24, 2.45) is 0 Å². The van der Waals surface area contributed by atoms with Gasteiger partial charge in [-0.2, -0.15) is 0 Å². The number of phenolic OH excluding ortho intramolecular Hbond substituents is 1. The van der Waals surface area contributed by atoms with Crippen molar-refractivity contribution < 1.29 is 19.4 Å². The van der Waals surface area contributed by atoms with Gasteiger partial charge in [0, 0.05) is 13.5 Å². The second kappa shape index (κ2) is 8.22. The van der Waals surface area contributed by atoms with Gasteiger partial charge in [0.15, 0.2) is 0 Å². The maximum atomic E-state index is 11.9. The van der Waals surface area contributed by atoms with E-state index >= 15 is 0 Å². The molecule has 4 nitrogen and oxygen atoms in total. The number of esters is 1. The predicted octanol–water partition coefficient (Wildman–Crippen LogP) is 4.50. The van der Waals surface area contributed by atoms with Gasteiger partial charge in [0.1, 0.15) is 12.4 Å². The van der Waals surface area contributed by atoms with Gasteiger partial charge in [-0.05, 0) is 40.9 Å². The summed E-state index contributed by atoms with van der Waals surface area (Å²) in [5, 5.41) is 10.7. The lowest BCUT2D eigenvalue weighted by Gasteiger charge is -2.28. The standard InChI is InChI=1S/C21H34O4/c1-14(24-8)13-25-18(22)10-9-15-11-16(20(2,3)4)19(23)17(12-15)21(5,6)7/h11-12,14,23H,9-10,13H2,1-8H3. The third kappa shape index (κ3) is 6.35. The number of carbonyl (C=O) groups excluding carboxylic acids is 1. The van der Waals surface area contributed by atoms with Gasteiger partial charge in [-0.1, -0.05) is 53.7 Å². The third-order valence-electron chi connectivity index (χ3n) is 4.28. The van der Waals surface area contributed by atoms with E-state index in [9.17, 15) is 9.90 Å². The van der Waals surface area contributed by atoms with Gasteiger partial charge in [0.25, 0.3) is 0 Å². The Morgan fingerprint density at radius 3 is 1.96 bits per heavy atom. The van der Waals surface area contributed by atoms with Gasteiger partial charge in [-0.15, -0.1) is 0 Å². The van der Waals surface area contributed by atoms with E-state index in [2.05, 4.69) is 41.5 Å². The number of hydrogen-bond donors (Lipinski definition) is 1. The van der Waals surface area contributed by atoms with Crippen LogP contribution in [-0.4, -0.2) is 30.9 Å². The van der Waals surface area contributed by atoms with Crippen LogP contribution in [-0.2, 0) is 31.5 Å². The zero-order chi connectivity index (χ0) is 19.4. The molecular weight excluding hydrogens is 316 g/mol. The Labute approximate surface area is 152 Å². The Morgan fingerprint density at radius 2 is 1.56 bits per heavy atom. The Bertz CT molecular complexity index is 556. The van der Waals surface area contributed by atoms with Gasteiger partial charge < -0.3 is 14.6 Å². The first-order chi connectivity index (χ1) is 11.4. The average molecular weight is 350 g/mol. The van der Waals surface area contributed by atoms with Crippen molar-refractivity contribution in [3.63, 3.8) is 0 Å². The molecule has 0 spiro atoms. The lowest BCUT2D eigenvalue weighted by Crippen LogP contribution is -2.19. The number of aromatic hydroxyl groups is 1. The van der Waals surface area contributed by atoms with Gasteiger partial charge in [0.05, 0.1) is 6.10 Å². The van der Waals surface area contributed by atoms with Crippen LogP contribution >= 0.6 is 0 Å². The highest BCUT2D eigenvalue weighted by atomic mass is 16.6. The molecule has 4 heteroatoms. The quantitative estimate of drug-likeness (QED) is 0.768. The number of aryl methyl sites for hydroxylation is 1. The van der Waals surface area contributed by atoms with Crippen LogP contribution in [0.15, 0.2) is 12.1 Å². The summed E-state index contributed by atoms with van der Waals surface area (Å²) >= 11 is 0. The van der Waals surface area contributed by atoms with E-state index < -0.39 is 0 Å². The highest BCUT2D eigenvalue weighted by Gasteiger charge is 2.26. The maximum Gasteiger partial charge on any atom is 0.306 e. The van der Waals surface area contributed by atoms with Crippen LogP contribution in [0.5, 0.6) is 5.75 Å². The molecule has 1 rings (SSSR count). The molecule has 0 aliphatic rings. The van der Waals surface area contributed by atoms with Gasteiger partial charge in [-0.3, -0.25) is 4.79 Å². The molecule has 0 aliphatic heterocycles. The van der Waals surface area contributed by atoms with E-state index in [4.69, 9.17) is 9.47 Å². The monoisotopic (exact) mass is 350 g/mol. The van der Waals surface area contributed by atoms with E-state index in [1.165, 1.54) is 0 Å². The minimum atomic E-state index is -0.230. The fourth-order valence-electron chi connectivity index (χ4n) is 2.58. The lowest BCUT2D eigenvalue weighted by atomic mass is 9.78. The highest BCUT2D eigenvalue weighted by molar-refractivity contribution is 5.69. The van der Waals surface area contributed by atoms with Crippen molar-refractivity contribution in [1.29, 1.82) is 0 Å². The van der Waals surface area contributed by atoms with Gasteiger partial charge >= 0.3 is 5.97 Å². The smallest absolute Gasteiger partial charge is 0.306 e. The van der Waals surface area contributed by atoms with Crippen LogP contribution < -0.4 is 0 Å². The minimum Gasteiger partial charge on any atom is -0.507 e. The van der Waals surface area contributed by atoms with Crippen LogP contribution in [0, 0.1) is 0 Å². The zero-order valence-electron chi connectivity index (χ0n) is 17.0. The Kier molecular flexibility index (Phi) is 7.07. The zero-order valence-corrected chi connectivity index (χ0v) is 17.0. The van der Waals surface area contributed by atoms with Crippen LogP contribution in [0.4, 0.5) is 0 Å². The molecule has 1 atom stereocenters. The molecule has 0 radical (unpaired) electrons. The molecule has 25 heavy (non-hydrogen) atoms. The predicted molar refractivity (Wildman–Crippen MR) is 101 cm³/mol. The largest absolute Gasteiger partial charge is 0.507 e. The summed E-state index contributed by atoms with van der Waals surface area (Å²) in [6.45, 7) is 14.6. The van der Waals surface area contributed by atoms with E-state index in [1.807, 2.05) is 19.1 Å². The van der Waals surface area contributed by atoms with Crippen molar-refractivity contribution in [2.45, 2.75) is 78.2 Å². The summed E-state index contributed by atoms with van der Waals surface area (Å²) in [5.74, 6) is 0.131. The molecule has 0 fully saturated rings. The first-order valence-corrected chi connectivity index (χ1v) is 8.91. The topological polar surface area (TPSA) is 55.8 Å². The van der Waals surface area contributed by atoms with Crippen molar-refractivity contribution in [2.75, 3.05) is 13.7 Å². The lowest BCUT2D eigenvalue weighted by molar-refractivity contribution is -0.146. The molecule has 0 saturated carbocycles. The summed E-state index contributed by atoms with van der Waals surface area (Å²) < 4.78 is 10.3. The van der Waals surface area contributed by atoms with Crippen LogP contribution in [0.3, 0.4) is 0 Å². The molecule has 0 amide bonds. The fourth-order valence-corrected chi connectivity index (χ4v) is 2.58. The Hall–Kier alpha value is -1.55. The molecule has 0 aromatic heterocycles. The number of hydrogen-bond acceptors (Lipinski definition) is 4. The van der Waals surface area contributed by atoms with Crippen LogP contribution in [0.25, 0.3) is 0 Å². The molecule has 1 aromatic carbocycles. The number of rotatable bonds is 6. The van der Waals surface area contributed by atoms with E-state index in [0.29, 0.717) is 18.6 Å². The van der Waals surface area contributed by atoms with Gasteiger partial charge in [0.2, 0.25) is 0 Å². The molecule has 0 heterocycles. The summed E-state index contributed by atoms with van der Waals surface area (Å²) in [6, 6.07) is 4.02. The summed E-state index contributed by atoms with van der Waals surface area (Å²) in [4.78, 5) is 11.9. The van der Waals surface area contributed by atoms with Crippen LogP contribution in [0.2, 0.25) is 0 Å². The third-order valence-corrected chi connectivity index (χ3v) is 4.28. The van der Waals surface area contributed by atoms with Crippen molar-refractivity contribution in [1.82, 2.24) is 0 Å². The molecule has 0 bridgehead atoms. The Balaban J connectivity index is 2.98. The number of methoxy groups -OCH3 is 1. The average Bonchev–Trinajstić information content (AvgIpc) is 2.49. The van der Waals surface area contributed by atoms with Crippen molar-refractivity contribution >= 4 is 5.97 Å². The van der Waals surface area contributed by atoms with Crippen molar-refractivity contribution in [3.8, 4) is 5.75 Å². The molecule has 0 aliphatic carbocycles. The first kappa shape index (κ1) is 21.5. The Morgan fingerprint density at radius 1 is 1.08 bits per heavy atom. The summed E-state index contributed by atoms with van der Waals surface area (Å²) in [5.41, 5.74) is 2.53. The van der Waals surface area contributed by atoms with Gasteiger partial charge in [-0.25, -0.2) is 0 Å². The van der Waals surface area contributed by atoms with Crippen LogP contribution in [0.1, 0.15) is 71.6 Å². The second-order valence-corrected chi connectivity index (χ2v) is 8.77. The minimum absolute atomic E-state index is 0.0994. The molecule has 142 valence electrons. The molecule has 0 saturated heterocycles. The second-order valence-electron chi connectivity index (χ2n) is 8.77. The fraction of sp³-hybridized carbons (Fsp3) is 0.667. The van der Waals surface area contributed by atoms with E-state index in [1.54, 1.807) is 7.11 Å². The summed E-state index contributed by atoms with van der Waals surface area (Å²) in [7, 11) is 1.59. The summed E-state index contributed by atoms with van der Waals surface area (Å²) in [6.07, 6.45) is 0.804. The molecule has 1 unspecified atom stereocenters. The number of benzene rings is 1. The molecule has 1 aromatic rings. The van der Waals surface area contributed by atoms with E-state index in [-0.39, 0.29) is 29.5 Å². The molecular formula is C21H34O4. The van der Waals surface area contributed by atoms with Crippen molar-refractivity contribution in [3.05, 3.63) is 28.8 Å². The highest BCUT2D eigenvalue weighted by Crippen LogP contribution is 2.39. The number of phenols is 1. The normalized spacial score (nSPS) is 13.6. The number of ether oxygens (including phenoxy) is 2. The number of carbonyl (C=O) groups is 1. The first-order valence-electron chi connectivity index (χ1n) is 8.91. The molecule has 1 N–H and O–H groups in total. The maximum absolute atomic E-state index is 11.9. The SMILES string of the molecule is COC(C)COC(=O)CCc1cc(C(C)(C)C)c(O)c(C(C)(C)C)c1.